The number of anilines is 1. The summed E-state index contributed by atoms with van der Waals surface area (Å²) in [6, 6.07) is 14.4. The van der Waals surface area contributed by atoms with Crippen LogP contribution in [0.4, 0.5) is 5.69 Å². The van der Waals surface area contributed by atoms with Crippen molar-refractivity contribution in [2.45, 2.75) is 34.1 Å². The Balaban J connectivity index is 2.08. The second-order valence-corrected chi connectivity index (χ2v) is 8.02. The van der Waals surface area contributed by atoms with Crippen molar-refractivity contribution in [3.05, 3.63) is 42.5 Å². The predicted molar refractivity (Wildman–Crippen MR) is 112 cm³/mol. The maximum Gasteiger partial charge on any atom is 0.170 e. The van der Waals surface area contributed by atoms with E-state index in [1.165, 1.54) is 5.39 Å². The van der Waals surface area contributed by atoms with Gasteiger partial charge in [-0.2, -0.15) is 0 Å². The molecule has 4 heteroatoms. The summed E-state index contributed by atoms with van der Waals surface area (Å²) in [7, 11) is 0. The number of thiocarbonyl (C=S) groups is 1. The van der Waals surface area contributed by atoms with E-state index in [2.05, 4.69) is 56.5 Å². The van der Waals surface area contributed by atoms with Gasteiger partial charge in [-0.3, -0.25) is 0 Å². The van der Waals surface area contributed by atoms with E-state index in [1.54, 1.807) is 0 Å². The molecule has 0 saturated heterocycles. The van der Waals surface area contributed by atoms with Gasteiger partial charge in [0.2, 0.25) is 0 Å². The maximum atomic E-state index is 10.0. The van der Waals surface area contributed by atoms with Crippen LogP contribution >= 0.6 is 12.2 Å². The number of aliphatic hydroxyl groups is 1. The molecule has 2 aromatic carbocycles. The summed E-state index contributed by atoms with van der Waals surface area (Å²) in [6.07, 6.45) is 0.963. The van der Waals surface area contributed by atoms with Crippen molar-refractivity contribution >= 4 is 33.8 Å². The SMILES string of the molecule is CC(C)CC(CO)(CNC(=S)Nc1cccc2ccccc12)C(C)C. The molecule has 1 unspecified atom stereocenters. The van der Waals surface area contributed by atoms with Crippen LogP contribution in [0.1, 0.15) is 34.1 Å². The smallest absolute Gasteiger partial charge is 0.170 e. The molecule has 2 rings (SSSR count). The molecule has 0 saturated carbocycles. The molecule has 136 valence electrons. The van der Waals surface area contributed by atoms with Gasteiger partial charge in [-0.25, -0.2) is 0 Å². The number of aliphatic hydroxyl groups excluding tert-OH is 1. The Hall–Kier alpha value is -1.65. The standard InChI is InChI=1S/C21H30N2OS/c1-15(2)12-21(14-24,16(3)4)13-22-20(25)23-19-11-7-9-17-8-5-6-10-18(17)19/h5-11,15-16,24H,12-14H2,1-4H3,(H2,22,23,25). The van der Waals surface area contributed by atoms with Gasteiger partial charge in [0.15, 0.2) is 5.11 Å². The molecule has 25 heavy (non-hydrogen) atoms. The molecular formula is C21H30N2OS. The number of rotatable bonds is 7. The number of hydrogen-bond donors (Lipinski definition) is 3. The minimum Gasteiger partial charge on any atom is -0.396 e. The van der Waals surface area contributed by atoms with Crippen LogP contribution in [0.5, 0.6) is 0 Å². The van der Waals surface area contributed by atoms with Crippen LogP contribution in [-0.2, 0) is 0 Å². The van der Waals surface area contributed by atoms with Crippen molar-refractivity contribution in [2.24, 2.45) is 17.3 Å². The molecule has 0 fully saturated rings. The van der Waals surface area contributed by atoms with Crippen molar-refractivity contribution in [1.29, 1.82) is 0 Å². The Labute approximate surface area is 156 Å². The van der Waals surface area contributed by atoms with E-state index in [1.807, 2.05) is 24.3 Å². The first-order valence-corrected chi connectivity index (χ1v) is 9.42. The highest BCUT2D eigenvalue weighted by molar-refractivity contribution is 7.80. The monoisotopic (exact) mass is 358 g/mol. The fourth-order valence-electron chi connectivity index (χ4n) is 3.39. The molecule has 0 amide bonds. The van der Waals surface area contributed by atoms with Crippen molar-refractivity contribution in [3.63, 3.8) is 0 Å². The zero-order chi connectivity index (χ0) is 18.4. The number of nitrogens with one attached hydrogen (secondary N) is 2. The van der Waals surface area contributed by atoms with Crippen LogP contribution < -0.4 is 10.6 Å². The number of fused-ring (bicyclic) bond motifs is 1. The fraction of sp³-hybridized carbons (Fsp3) is 0.476. The van der Waals surface area contributed by atoms with Gasteiger partial charge < -0.3 is 15.7 Å². The predicted octanol–water partition coefficient (Wildman–Crippen LogP) is 4.81. The first-order valence-electron chi connectivity index (χ1n) is 9.01. The summed E-state index contributed by atoms with van der Waals surface area (Å²) in [4.78, 5) is 0. The molecule has 0 aliphatic heterocycles. The average molecular weight is 359 g/mol. The largest absolute Gasteiger partial charge is 0.396 e. The van der Waals surface area contributed by atoms with Crippen molar-refractivity contribution in [1.82, 2.24) is 5.32 Å². The van der Waals surface area contributed by atoms with Crippen LogP contribution in [-0.4, -0.2) is 23.4 Å². The molecule has 0 aliphatic rings. The third kappa shape index (κ3) is 4.93. The van der Waals surface area contributed by atoms with Gasteiger partial charge in [0.1, 0.15) is 0 Å². The van der Waals surface area contributed by atoms with Crippen LogP contribution in [0.2, 0.25) is 0 Å². The third-order valence-electron chi connectivity index (χ3n) is 4.99. The quantitative estimate of drug-likeness (QED) is 0.622. The Morgan fingerprint density at radius 1 is 1.08 bits per heavy atom. The molecule has 0 aliphatic carbocycles. The second-order valence-electron chi connectivity index (χ2n) is 7.61. The topological polar surface area (TPSA) is 44.3 Å². The van der Waals surface area contributed by atoms with E-state index in [0.29, 0.717) is 23.5 Å². The van der Waals surface area contributed by atoms with E-state index in [-0.39, 0.29) is 12.0 Å². The van der Waals surface area contributed by atoms with E-state index in [0.717, 1.165) is 17.5 Å². The summed E-state index contributed by atoms with van der Waals surface area (Å²) in [6.45, 7) is 9.55. The van der Waals surface area contributed by atoms with Crippen LogP contribution in [0, 0.1) is 17.3 Å². The molecule has 0 bridgehead atoms. The summed E-state index contributed by atoms with van der Waals surface area (Å²) in [5, 5.41) is 19.6. The average Bonchev–Trinajstić information content (AvgIpc) is 2.58. The molecular weight excluding hydrogens is 328 g/mol. The van der Waals surface area contributed by atoms with Crippen molar-refractivity contribution in [3.8, 4) is 0 Å². The van der Waals surface area contributed by atoms with Gasteiger partial charge in [0.25, 0.3) is 0 Å². The normalized spacial score (nSPS) is 13.9. The summed E-state index contributed by atoms with van der Waals surface area (Å²) >= 11 is 5.51. The van der Waals surface area contributed by atoms with Gasteiger partial charge >= 0.3 is 0 Å². The number of hydrogen-bond acceptors (Lipinski definition) is 2. The Morgan fingerprint density at radius 2 is 1.76 bits per heavy atom. The van der Waals surface area contributed by atoms with Crippen LogP contribution in [0.3, 0.4) is 0 Å². The first-order chi connectivity index (χ1) is 11.9. The Kier molecular flexibility index (Phi) is 6.79. The minimum atomic E-state index is -0.168. The highest BCUT2D eigenvalue weighted by Crippen LogP contribution is 2.33. The summed E-state index contributed by atoms with van der Waals surface area (Å²) in [5.41, 5.74) is 0.831. The Morgan fingerprint density at radius 3 is 2.40 bits per heavy atom. The summed E-state index contributed by atoms with van der Waals surface area (Å²) in [5.74, 6) is 0.892. The Bertz CT molecular complexity index is 709. The van der Waals surface area contributed by atoms with Gasteiger partial charge in [-0.15, -0.1) is 0 Å². The number of benzene rings is 2. The zero-order valence-electron chi connectivity index (χ0n) is 15.7. The lowest BCUT2D eigenvalue weighted by Crippen LogP contribution is -2.45. The maximum absolute atomic E-state index is 10.0. The van der Waals surface area contributed by atoms with Crippen LogP contribution in [0.25, 0.3) is 10.8 Å². The second kappa shape index (κ2) is 8.63. The minimum absolute atomic E-state index is 0.159. The molecule has 0 spiro atoms. The van der Waals surface area contributed by atoms with Crippen molar-refractivity contribution < 1.29 is 5.11 Å². The molecule has 0 heterocycles. The molecule has 1 atom stereocenters. The molecule has 2 aromatic rings. The molecule has 3 N–H and O–H groups in total. The van der Waals surface area contributed by atoms with E-state index in [9.17, 15) is 5.11 Å². The van der Waals surface area contributed by atoms with Gasteiger partial charge in [-0.1, -0.05) is 64.1 Å². The van der Waals surface area contributed by atoms with Gasteiger partial charge in [0, 0.05) is 23.0 Å². The lowest BCUT2D eigenvalue weighted by Gasteiger charge is -2.38. The third-order valence-corrected chi connectivity index (χ3v) is 5.24. The highest BCUT2D eigenvalue weighted by atomic mass is 32.1. The fourth-order valence-corrected chi connectivity index (χ4v) is 3.57. The molecule has 3 nitrogen and oxygen atoms in total. The lowest BCUT2D eigenvalue weighted by atomic mass is 9.72. The zero-order valence-corrected chi connectivity index (χ0v) is 16.5. The molecule has 0 radical (unpaired) electrons. The molecule has 0 aromatic heterocycles. The highest BCUT2D eigenvalue weighted by Gasteiger charge is 2.34. The van der Waals surface area contributed by atoms with Gasteiger partial charge in [0.05, 0.1) is 6.61 Å². The van der Waals surface area contributed by atoms with Gasteiger partial charge in [-0.05, 0) is 41.9 Å². The lowest BCUT2D eigenvalue weighted by molar-refractivity contribution is 0.0582. The summed E-state index contributed by atoms with van der Waals surface area (Å²) < 4.78 is 0. The van der Waals surface area contributed by atoms with Crippen molar-refractivity contribution in [2.75, 3.05) is 18.5 Å². The first kappa shape index (κ1) is 19.7. The van der Waals surface area contributed by atoms with Crippen LogP contribution in [0.15, 0.2) is 42.5 Å². The van der Waals surface area contributed by atoms with E-state index in [4.69, 9.17) is 12.2 Å². The van der Waals surface area contributed by atoms with E-state index < -0.39 is 0 Å². The van der Waals surface area contributed by atoms with E-state index >= 15 is 0 Å².